The van der Waals surface area contributed by atoms with Crippen LogP contribution in [0.2, 0.25) is 0 Å². The van der Waals surface area contributed by atoms with Gasteiger partial charge in [-0.05, 0) is 31.0 Å². The summed E-state index contributed by atoms with van der Waals surface area (Å²) in [5.74, 6) is -0.257. The quantitative estimate of drug-likeness (QED) is 0.917. The summed E-state index contributed by atoms with van der Waals surface area (Å²) in [6.07, 6.45) is -2.80. The molecule has 1 N–H and O–H groups in total. The molecule has 1 aromatic rings. The van der Waals surface area contributed by atoms with E-state index in [-0.39, 0.29) is 17.5 Å². The van der Waals surface area contributed by atoms with Crippen LogP contribution in [-0.2, 0) is 11.0 Å². The standard InChI is InChI=1S/C13H15F3N2O/c1-18(2)11-6-5-9(13(14,15)16)7-10(11)17-12(19)8-3-4-8/h5-8H,3-4H2,1-2H3,(H,17,19). The molecule has 1 amide bonds. The lowest BCUT2D eigenvalue weighted by molar-refractivity contribution is -0.137. The smallest absolute Gasteiger partial charge is 0.376 e. The van der Waals surface area contributed by atoms with E-state index in [4.69, 9.17) is 0 Å². The second kappa shape index (κ2) is 4.75. The molecule has 0 heterocycles. The number of carbonyl (C=O) groups is 1. The molecule has 104 valence electrons. The fourth-order valence-electron chi connectivity index (χ4n) is 1.78. The van der Waals surface area contributed by atoms with Crippen molar-refractivity contribution >= 4 is 17.3 Å². The number of carbonyl (C=O) groups excluding carboxylic acids is 1. The van der Waals surface area contributed by atoms with Crippen LogP contribution in [0.15, 0.2) is 18.2 Å². The lowest BCUT2D eigenvalue weighted by Crippen LogP contribution is -2.18. The van der Waals surface area contributed by atoms with Crippen LogP contribution in [0.25, 0.3) is 0 Å². The average molecular weight is 272 g/mol. The highest BCUT2D eigenvalue weighted by molar-refractivity contribution is 5.97. The third-order valence-corrected chi connectivity index (χ3v) is 3.01. The van der Waals surface area contributed by atoms with Gasteiger partial charge in [-0.15, -0.1) is 0 Å². The molecule has 1 saturated carbocycles. The van der Waals surface area contributed by atoms with Crippen LogP contribution in [0.5, 0.6) is 0 Å². The van der Waals surface area contributed by atoms with Crippen molar-refractivity contribution in [1.82, 2.24) is 0 Å². The van der Waals surface area contributed by atoms with Crippen molar-refractivity contribution in [2.24, 2.45) is 5.92 Å². The number of alkyl halides is 3. The first-order valence-corrected chi connectivity index (χ1v) is 5.98. The SMILES string of the molecule is CN(C)c1ccc(C(F)(F)F)cc1NC(=O)C1CC1. The minimum absolute atomic E-state index is 0.0513. The van der Waals surface area contributed by atoms with Crippen molar-refractivity contribution in [3.63, 3.8) is 0 Å². The first kappa shape index (κ1) is 13.7. The Morgan fingerprint density at radius 1 is 1.32 bits per heavy atom. The van der Waals surface area contributed by atoms with Crippen molar-refractivity contribution < 1.29 is 18.0 Å². The van der Waals surface area contributed by atoms with E-state index in [1.54, 1.807) is 19.0 Å². The van der Waals surface area contributed by atoms with E-state index in [0.29, 0.717) is 5.69 Å². The molecule has 1 aliphatic carbocycles. The van der Waals surface area contributed by atoms with Gasteiger partial charge >= 0.3 is 6.18 Å². The fourth-order valence-corrected chi connectivity index (χ4v) is 1.78. The topological polar surface area (TPSA) is 32.3 Å². The van der Waals surface area contributed by atoms with Gasteiger partial charge in [0.05, 0.1) is 16.9 Å². The van der Waals surface area contributed by atoms with Gasteiger partial charge in [-0.3, -0.25) is 4.79 Å². The second-order valence-electron chi connectivity index (χ2n) is 4.89. The van der Waals surface area contributed by atoms with Gasteiger partial charge in [0, 0.05) is 20.0 Å². The summed E-state index contributed by atoms with van der Waals surface area (Å²) in [7, 11) is 3.44. The van der Waals surface area contributed by atoms with E-state index in [9.17, 15) is 18.0 Å². The third-order valence-electron chi connectivity index (χ3n) is 3.01. The summed E-state index contributed by atoms with van der Waals surface area (Å²) in [5.41, 5.74) is 0.00271. The molecule has 1 aromatic carbocycles. The maximum absolute atomic E-state index is 12.7. The van der Waals surface area contributed by atoms with Crippen molar-refractivity contribution in [1.29, 1.82) is 0 Å². The van der Waals surface area contributed by atoms with Crippen molar-refractivity contribution in [2.45, 2.75) is 19.0 Å². The van der Waals surface area contributed by atoms with Crippen LogP contribution in [0.4, 0.5) is 24.5 Å². The van der Waals surface area contributed by atoms with E-state index in [0.717, 1.165) is 25.0 Å². The van der Waals surface area contributed by atoms with Crippen LogP contribution < -0.4 is 10.2 Å². The highest BCUT2D eigenvalue weighted by Gasteiger charge is 2.33. The molecule has 0 aromatic heterocycles. The number of nitrogens with one attached hydrogen (secondary N) is 1. The van der Waals surface area contributed by atoms with Crippen LogP contribution in [0.3, 0.4) is 0 Å². The maximum atomic E-state index is 12.7. The number of halogens is 3. The Morgan fingerprint density at radius 2 is 1.95 bits per heavy atom. The number of hydrogen-bond donors (Lipinski definition) is 1. The summed E-state index contributed by atoms with van der Waals surface area (Å²) < 4.78 is 38.0. The number of nitrogens with zero attached hydrogens (tertiary/aromatic N) is 1. The molecule has 2 rings (SSSR count). The zero-order valence-corrected chi connectivity index (χ0v) is 10.7. The predicted octanol–water partition coefficient (Wildman–Crippen LogP) is 3.12. The van der Waals surface area contributed by atoms with Crippen molar-refractivity contribution in [3.05, 3.63) is 23.8 Å². The van der Waals surface area contributed by atoms with Crippen molar-refractivity contribution in [2.75, 3.05) is 24.3 Å². The maximum Gasteiger partial charge on any atom is 0.416 e. The first-order chi connectivity index (χ1) is 8.79. The van der Waals surface area contributed by atoms with Crippen LogP contribution in [-0.4, -0.2) is 20.0 Å². The predicted molar refractivity (Wildman–Crippen MR) is 67.1 cm³/mol. The molecule has 1 aliphatic rings. The Balaban J connectivity index is 2.32. The Labute approximate surface area is 109 Å². The average Bonchev–Trinajstić information content (AvgIpc) is 3.10. The number of hydrogen-bond acceptors (Lipinski definition) is 2. The Bertz CT molecular complexity index is 493. The molecule has 0 aliphatic heterocycles. The summed E-state index contributed by atoms with van der Waals surface area (Å²) in [4.78, 5) is 13.4. The van der Waals surface area contributed by atoms with Crippen LogP contribution in [0.1, 0.15) is 18.4 Å². The second-order valence-corrected chi connectivity index (χ2v) is 4.89. The lowest BCUT2D eigenvalue weighted by atomic mass is 10.1. The van der Waals surface area contributed by atoms with Gasteiger partial charge in [0.1, 0.15) is 0 Å². The molecule has 0 unspecified atom stereocenters. The molecule has 19 heavy (non-hydrogen) atoms. The molecule has 3 nitrogen and oxygen atoms in total. The molecule has 0 bridgehead atoms. The molecule has 0 radical (unpaired) electrons. The molecule has 0 spiro atoms. The highest BCUT2D eigenvalue weighted by atomic mass is 19.4. The van der Waals surface area contributed by atoms with Crippen LogP contribution in [0, 0.1) is 5.92 Å². The largest absolute Gasteiger partial charge is 0.416 e. The normalized spacial score (nSPS) is 15.2. The summed E-state index contributed by atoms with van der Waals surface area (Å²) in [6, 6.07) is 3.36. The van der Waals surface area contributed by atoms with Gasteiger partial charge in [0.2, 0.25) is 5.91 Å². The highest BCUT2D eigenvalue weighted by Crippen LogP contribution is 2.36. The molecule has 0 atom stereocenters. The van der Waals surface area contributed by atoms with Gasteiger partial charge in [-0.25, -0.2) is 0 Å². The van der Waals surface area contributed by atoms with Gasteiger partial charge in [0.25, 0.3) is 0 Å². The molecular formula is C13H15F3N2O. The van der Waals surface area contributed by atoms with Crippen molar-refractivity contribution in [3.8, 4) is 0 Å². The first-order valence-electron chi connectivity index (χ1n) is 5.98. The molecule has 6 heteroatoms. The van der Waals surface area contributed by atoms with Gasteiger partial charge < -0.3 is 10.2 Å². The Hall–Kier alpha value is -1.72. The monoisotopic (exact) mass is 272 g/mol. The number of benzene rings is 1. The third kappa shape index (κ3) is 3.19. The summed E-state index contributed by atoms with van der Waals surface area (Å²) in [6.45, 7) is 0. The summed E-state index contributed by atoms with van der Waals surface area (Å²) >= 11 is 0. The van der Waals surface area contributed by atoms with E-state index >= 15 is 0 Å². The Morgan fingerprint density at radius 3 is 2.42 bits per heavy atom. The zero-order chi connectivity index (χ0) is 14.2. The van der Waals surface area contributed by atoms with Gasteiger partial charge in [-0.1, -0.05) is 0 Å². The fraction of sp³-hybridized carbons (Fsp3) is 0.462. The number of anilines is 2. The molecule has 1 fully saturated rings. The lowest BCUT2D eigenvalue weighted by Gasteiger charge is -2.19. The van der Waals surface area contributed by atoms with E-state index in [2.05, 4.69) is 5.32 Å². The van der Waals surface area contributed by atoms with E-state index < -0.39 is 11.7 Å². The Kier molecular flexibility index (Phi) is 3.43. The van der Waals surface area contributed by atoms with E-state index in [1.165, 1.54) is 6.07 Å². The zero-order valence-electron chi connectivity index (χ0n) is 10.7. The molecular weight excluding hydrogens is 257 g/mol. The minimum Gasteiger partial charge on any atom is -0.376 e. The number of rotatable bonds is 3. The number of amides is 1. The van der Waals surface area contributed by atoms with Crippen LogP contribution >= 0.6 is 0 Å². The van der Waals surface area contributed by atoms with Gasteiger partial charge in [-0.2, -0.15) is 13.2 Å². The minimum atomic E-state index is -4.41. The van der Waals surface area contributed by atoms with Gasteiger partial charge in [0.15, 0.2) is 0 Å². The van der Waals surface area contributed by atoms with E-state index in [1.807, 2.05) is 0 Å². The summed E-state index contributed by atoms with van der Waals surface area (Å²) in [5, 5.41) is 2.59. The molecule has 0 saturated heterocycles.